The quantitative estimate of drug-likeness (QED) is 0.921. The van der Waals surface area contributed by atoms with Crippen LogP contribution in [0.3, 0.4) is 0 Å². The molecule has 0 spiro atoms. The van der Waals surface area contributed by atoms with Gasteiger partial charge in [-0.1, -0.05) is 12.1 Å². The van der Waals surface area contributed by atoms with Crippen LogP contribution in [0.1, 0.15) is 16.7 Å². The predicted molar refractivity (Wildman–Crippen MR) is 90.3 cm³/mol. The molecule has 1 aliphatic heterocycles. The van der Waals surface area contributed by atoms with Crippen molar-refractivity contribution >= 4 is 0 Å². The molecule has 122 valence electrons. The third-order valence-electron chi connectivity index (χ3n) is 4.45. The summed E-state index contributed by atoms with van der Waals surface area (Å²) in [6, 6.07) is 11.7. The van der Waals surface area contributed by atoms with E-state index in [4.69, 9.17) is 9.47 Å². The highest BCUT2D eigenvalue weighted by molar-refractivity contribution is 5.48. The van der Waals surface area contributed by atoms with Gasteiger partial charge in [0.05, 0.1) is 14.2 Å². The van der Waals surface area contributed by atoms with Crippen LogP contribution in [0.5, 0.6) is 17.2 Å². The maximum Gasteiger partial charge on any atom is 0.161 e. The molecule has 0 radical (unpaired) electrons. The van der Waals surface area contributed by atoms with Crippen LogP contribution in [-0.2, 0) is 19.4 Å². The smallest absolute Gasteiger partial charge is 0.161 e. The second kappa shape index (κ2) is 6.92. The Morgan fingerprint density at radius 3 is 2.30 bits per heavy atom. The van der Waals surface area contributed by atoms with E-state index >= 15 is 0 Å². The van der Waals surface area contributed by atoms with Gasteiger partial charge in [-0.3, -0.25) is 4.90 Å². The molecular formula is C19H23NO3. The first-order valence-corrected chi connectivity index (χ1v) is 7.93. The van der Waals surface area contributed by atoms with E-state index in [2.05, 4.69) is 17.0 Å². The molecule has 0 saturated carbocycles. The Kier molecular flexibility index (Phi) is 4.72. The van der Waals surface area contributed by atoms with E-state index in [1.165, 1.54) is 16.7 Å². The summed E-state index contributed by atoms with van der Waals surface area (Å²) in [5.41, 5.74) is 3.92. The van der Waals surface area contributed by atoms with E-state index in [0.29, 0.717) is 5.75 Å². The molecule has 0 atom stereocenters. The Morgan fingerprint density at radius 2 is 1.65 bits per heavy atom. The Bertz CT molecular complexity index is 667. The van der Waals surface area contributed by atoms with Crippen LogP contribution in [0, 0.1) is 0 Å². The molecule has 0 aromatic heterocycles. The van der Waals surface area contributed by atoms with Gasteiger partial charge in [0.15, 0.2) is 11.5 Å². The average Bonchev–Trinajstić information content (AvgIpc) is 2.59. The number of ether oxygens (including phenoxy) is 2. The topological polar surface area (TPSA) is 41.9 Å². The van der Waals surface area contributed by atoms with Gasteiger partial charge in [-0.15, -0.1) is 0 Å². The van der Waals surface area contributed by atoms with Gasteiger partial charge in [-0.2, -0.15) is 0 Å². The Labute approximate surface area is 137 Å². The first-order chi connectivity index (χ1) is 11.2. The maximum absolute atomic E-state index is 9.34. The van der Waals surface area contributed by atoms with Crippen molar-refractivity contribution in [1.82, 2.24) is 4.90 Å². The molecule has 3 rings (SSSR count). The molecule has 1 heterocycles. The third kappa shape index (κ3) is 3.59. The summed E-state index contributed by atoms with van der Waals surface area (Å²) < 4.78 is 10.8. The van der Waals surface area contributed by atoms with Crippen LogP contribution in [0.25, 0.3) is 0 Å². The number of aromatic hydroxyl groups is 1. The summed E-state index contributed by atoms with van der Waals surface area (Å²) in [5, 5.41) is 9.34. The van der Waals surface area contributed by atoms with Gasteiger partial charge in [0, 0.05) is 19.6 Å². The van der Waals surface area contributed by atoms with Crippen molar-refractivity contribution in [3.63, 3.8) is 0 Å². The number of phenolic OH excluding ortho intramolecular Hbond substituents is 1. The highest BCUT2D eigenvalue weighted by Crippen LogP contribution is 2.33. The summed E-state index contributed by atoms with van der Waals surface area (Å²) in [5.74, 6) is 1.93. The Morgan fingerprint density at radius 1 is 1.00 bits per heavy atom. The highest BCUT2D eigenvalue weighted by Gasteiger charge is 2.19. The van der Waals surface area contributed by atoms with Crippen molar-refractivity contribution in [3.8, 4) is 17.2 Å². The van der Waals surface area contributed by atoms with Crippen LogP contribution >= 0.6 is 0 Å². The molecule has 2 aromatic carbocycles. The third-order valence-corrected chi connectivity index (χ3v) is 4.45. The summed E-state index contributed by atoms with van der Waals surface area (Å²) >= 11 is 0. The molecule has 4 nitrogen and oxygen atoms in total. The largest absolute Gasteiger partial charge is 0.508 e. The molecule has 0 fully saturated rings. The lowest BCUT2D eigenvalue weighted by Gasteiger charge is -2.29. The molecule has 0 unspecified atom stereocenters. The van der Waals surface area contributed by atoms with Crippen molar-refractivity contribution in [2.45, 2.75) is 19.4 Å². The zero-order valence-corrected chi connectivity index (χ0v) is 13.7. The Balaban J connectivity index is 1.66. The van der Waals surface area contributed by atoms with Gasteiger partial charge in [0.1, 0.15) is 5.75 Å². The van der Waals surface area contributed by atoms with E-state index < -0.39 is 0 Å². The molecule has 0 bridgehead atoms. The number of phenols is 1. The SMILES string of the molecule is COc1cc2c(cc1OC)CN(CCc1ccc(O)cc1)CC2. The first-order valence-electron chi connectivity index (χ1n) is 7.93. The normalized spacial score (nSPS) is 14.3. The van der Waals surface area contributed by atoms with Gasteiger partial charge in [-0.25, -0.2) is 0 Å². The molecule has 4 heteroatoms. The maximum atomic E-state index is 9.34. The predicted octanol–water partition coefficient (Wildman–Crippen LogP) is 3.01. The van der Waals surface area contributed by atoms with E-state index in [1.807, 2.05) is 12.1 Å². The van der Waals surface area contributed by atoms with Gasteiger partial charge >= 0.3 is 0 Å². The molecule has 1 N–H and O–H groups in total. The van der Waals surface area contributed by atoms with Crippen molar-refractivity contribution in [2.24, 2.45) is 0 Å². The van der Waals surface area contributed by atoms with Crippen LogP contribution in [0.4, 0.5) is 0 Å². The highest BCUT2D eigenvalue weighted by atomic mass is 16.5. The average molecular weight is 313 g/mol. The van der Waals surface area contributed by atoms with E-state index in [1.54, 1.807) is 26.4 Å². The summed E-state index contributed by atoms with van der Waals surface area (Å²) in [6.07, 6.45) is 2.02. The minimum Gasteiger partial charge on any atom is -0.508 e. The van der Waals surface area contributed by atoms with Gasteiger partial charge in [0.2, 0.25) is 0 Å². The monoisotopic (exact) mass is 313 g/mol. The summed E-state index contributed by atoms with van der Waals surface area (Å²) in [4.78, 5) is 2.46. The number of hydrogen-bond donors (Lipinski definition) is 1. The molecule has 23 heavy (non-hydrogen) atoms. The zero-order chi connectivity index (χ0) is 16.2. The molecule has 0 amide bonds. The Hall–Kier alpha value is -2.20. The van der Waals surface area contributed by atoms with Crippen molar-refractivity contribution in [3.05, 3.63) is 53.1 Å². The van der Waals surface area contributed by atoms with Crippen LogP contribution in [0.15, 0.2) is 36.4 Å². The zero-order valence-electron chi connectivity index (χ0n) is 13.7. The van der Waals surface area contributed by atoms with Crippen LogP contribution < -0.4 is 9.47 Å². The fourth-order valence-corrected chi connectivity index (χ4v) is 3.08. The number of hydrogen-bond acceptors (Lipinski definition) is 4. The number of rotatable bonds is 5. The standard InChI is InChI=1S/C19H23NO3/c1-22-18-11-15-8-10-20(13-16(15)12-19(18)23-2)9-7-14-3-5-17(21)6-4-14/h3-6,11-12,21H,7-10,13H2,1-2H3. The molecule has 0 aliphatic carbocycles. The molecule has 0 saturated heterocycles. The van der Waals surface area contributed by atoms with Crippen molar-refractivity contribution in [2.75, 3.05) is 27.3 Å². The van der Waals surface area contributed by atoms with Gasteiger partial charge < -0.3 is 14.6 Å². The number of methoxy groups -OCH3 is 2. The minimum absolute atomic E-state index is 0.321. The van der Waals surface area contributed by atoms with E-state index in [0.717, 1.165) is 44.0 Å². The molecular weight excluding hydrogens is 290 g/mol. The van der Waals surface area contributed by atoms with Crippen molar-refractivity contribution < 1.29 is 14.6 Å². The van der Waals surface area contributed by atoms with Crippen LogP contribution in [-0.4, -0.2) is 37.3 Å². The molecule has 1 aliphatic rings. The first kappa shape index (κ1) is 15.7. The lowest BCUT2D eigenvalue weighted by molar-refractivity contribution is 0.255. The van der Waals surface area contributed by atoms with Crippen LogP contribution in [0.2, 0.25) is 0 Å². The lowest BCUT2D eigenvalue weighted by atomic mass is 9.98. The number of benzene rings is 2. The summed E-state index contributed by atoms with van der Waals surface area (Å²) in [6.45, 7) is 3.01. The molecule has 2 aromatic rings. The second-order valence-electron chi connectivity index (χ2n) is 5.92. The van der Waals surface area contributed by atoms with Gasteiger partial charge in [0.25, 0.3) is 0 Å². The summed E-state index contributed by atoms with van der Waals surface area (Å²) in [7, 11) is 3.35. The second-order valence-corrected chi connectivity index (χ2v) is 5.92. The van der Waals surface area contributed by atoms with Crippen molar-refractivity contribution in [1.29, 1.82) is 0 Å². The van der Waals surface area contributed by atoms with E-state index in [9.17, 15) is 5.11 Å². The minimum atomic E-state index is 0.321. The number of nitrogens with zero attached hydrogens (tertiary/aromatic N) is 1. The number of fused-ring (bicyclic) bond motifs is 1. The fraction of sp³-hybridized carbons (Fsp3) is 0.368. The lowest BCUT2D eigenvalue weighted by Crippen LogP contribution is -2.32. The van der Waals surface area contributed by atoms with E-state index in [-0.39, 0.29) is 0 Å². The fourth-order valence-electron chi connectivity index (χ4n) is 3.08. The van der Waals surface area contributed by atoms with Gasteiger partial charge in [-0.05, 0) is 53.8 Å².